The van der Waals surface area contributed by atoms with Gasteiger partial charge in [0, 0.05) is 17.6 Å². The molecule has 0 spiro atoms. The van der Waals surface area contributed by atoms with Crippen LogP contribution in [0.15, 0.2) is 30.5 Å². The van der Waals surface area contributed by atoms with Gasteiger partial charge in [0.1, 0.15) is 5.02 Å². The number of halogens is 2. The van der Waals surface area contributed by atoms with E-state index in [2.05, 4.69) is 10.4 Å². The summed E-state index contributed by atoms with van der Waals surface area (Å²) in [6.45, 7) is 0.518. The lowest BCUT2D eigenvalue weighted by molar-refractivity contribution is -0.124. The highest BCUT2D eigenvalue weighted by atomic mass is 35.5. The molecule has 0 unspecified atom stereocenters. The summed E-state index contributed by atoms with van der Waals surface area (Å²) in [6.07, 6.45) is 10.2. The summed E-state index contributed by atoms with van der Waals surface area (Å²) in [5, 5.41) is 8.60. The Morgan fingerprint density at radius 3 is 2.36 bits per heavy atom. The summed E-state index contributed by atoms with van der Waals surface area (Å²) in [5.74, 6) is 3.03. The monoisotopic (exact) mass is 417 g/mol. The van der Waals surface area contributed by atoms with Crippen molar-refractivity contribution in [2.24, 2.45) is 23.2 Å². The normalized spacial score (nSPS) is 30.6. The van der Waals surface area contributed by atoms with Crippen LogP contribution in [0.25, 0.3) is 0 Å². The molecule has 4 aliphatic rings. The molecule has 2 aromatic rings. The Kier molecular flexibility index (Phi) is 4.67. The molecular weight excluding hydrogens is 393 g/mol. The second-order valence-electron chi connectivity index (χ2n) is 9.26. The number of benzene rings is 1. The molecule has 4 nitrogen and oxygen atoms in total. The molecule has 0 atom stereocenters. The zero-order chi connectivity index (χ0) is 19.3. The highest BCUT2D eigenvalue weighted by molar-refractivity contribution is 6.33. The third kappa shape index (κ3) is 3.57. The van der Waals surface area contributed by atoms with Crippen molar-refractivity contribution >= 4 is 34.9 Å². The van der Waals surface area contributed by atoms with Crippen LogP contribution in [0.5, 0.6) is 0 Å². The summed E-state index contributed by atoms with van der Waals surface area (Å²) < 4.78 is 1.73. The first-order valence-corrected chi connectivity index (χ1v) is 11.0. The second kappa shape index (κ2) is 7.07. The van der Waals surface area contributed by atoms with Gasteiger partial charge < -0.3 is 5.32 Å². The van der Waals surface area contributed by atoms with Crippen molar-refractivity contribution in [2.45, 2.75) is 51.5 Å². The number of hydrogen-bond donors (Lipinski definition) is 1. The first-order chi connectivity index (χ1) is 13.5. The maximum atomic E-state index is 12.8. The topological polar surface area (TPSA) is 46.9 Å². The average Bonchev–Trinajstić information content (AvgIpc) is 2.94. The highest BCUT2D eigenvalue weighted by Gasteiger charge is 2.51. The third-order valence-corrected chi connectivity index (χ3v) is 7.61. The Morgan fingerprint density at radius 1 is 1.07 bits per heavy atom. The molecule has 4 bridgehead atoms. The molecule has 6 rings (SSSR count). The minimum absolute atomic E-state index is 0.0480. The molecule has 4 fully saturated rings. The first-order valence-electron chi connectivity index (χ1n) is 10.2. The number of aromatic nitrogens is 2. The Balaban J connectivity index is 1.26. The maximum Gasteiger partial charge on any atom is 0.226 e. The van der Waals surface area contributed by atoms with Gasteiger partial charge in [-0.25, -0.2) is 0 Å². The molecule has 1 amide bonds. The summed E-state index contributed by atoms with van der Waals surface area (Å²) in [4.78, 5) is 12.8. The van der Waals surface area contributed by atoms with Crippen molar-refractivity contribution < 1.29 is 4.79 Å². The number of nitrogens with one attached hydrogen (secondary N) is 1. The number of hydrogen-bond acceptors (Lipinski definition) is 2. The largest absolute Gasteiger partial charge is 0.308 e. The van der Waals surface area contributed by atoms with Gasteiger partial charge in [-0.1, -0.05) is 41.4 Å². The van der Waals surface area contributed by atoms with Gasteiger partial charge >= 0.3 is 0 Å². The third-order valence-electron chi connectivity index (χ3n) is 6.97. The molecule has 1 N–H and O–H groups in total. The number of carbonyl (C=O) groups is 1. The van der Waals surface area contributed by atoms with Gasteiger partial charge in [-0.2, -0.15) is 5.10 Å². The van der Waals surface area contributed by atoms with Crippen LogP contribution in [-0.4, -0.2) is 15.7 Å². The van der Waals surface area contributed by atoms with Gasteiger partial charge in [-0.15, -0.1) is 0 Å². The van der Waals surface area contributed by atoms with Crippen molar-refractivity contribution in [1.29, 1.82) is 0 Å². The zero-order valence-corrected chi connectivity index (χ0v) is 17.3. The van der Waals surface area contributed by atoms with Crippen LogP contribution >= 0.6 is 23.2 Å². The van der Waals surface area contributed by atoms with Crippen LogP contribution in [0.2, 0.25) is 10.0 Å². The smallest absolute Gasteiger partial charge is 0.226 e. The van der Waals surface area contributed by atoms with Crippen molar-refractivity contribution in [3.8, 4) is 0 Å². The SMILES string of the molecule is O=C(CC12CC3CC(CC(C3)C1)C2)Nc1nn(Cc2ccccc2Cl)cc1Cl. The summed E-state index contributed by atoms with van der Waals surface area (Å²) in [6, 6.07) is 7.66. The van der Waals surface area contributed by atoms with E-state index >= 15 is 0 Å². The van der Waals surface area contributed by atoms with Gasteiger partial charge in [-0.3, -0.25) is 9.48 Å². The van der Waals surface area contributed by atoms with E-state index in [-0.39, 0.29) is 11.3 Å². The fraction of sp³-hybridized carbons (Fsp3) is 0.545. The van der Waals surface area contributed by atoms with Gasteiger partial charge in [0.05, 0.1) is 6.54 Å². The summed E-state index contributed by atoms with van der Waals surface area (Å²) in [5.41, 5.74) is 1.18. The fourth-order valence-corrected chi connectivity index (χ4v) is 6.78. The zero-order valence-electron chi connectivity index (χ0n) is 15.8. The molecule has 1 aromatic heterocycles. The number of anilines is 1. The minimum Gasteiger partial charge on any atom is -0.308 e. The second-order valence-corrected chi connectivity index (χ2v) is 10.1. The van der Waals surface area contributed by atoms with Crippen LogP contribution in [0.1, 0.15) is 50.5 Å². The first kappa shape index (κ1) is 18.5. The van der Waals surface area contributed by atoms with E-state index in [0.717, 1.165) is 23.3 Å². The Bertz CT molecular complexity index is 872. The molecular formula is C22H25Cl2N3O. The number of nitrogens with zero attached hydrogens (tertiary/aromatic N) is 2. The van der Waals surface area contributed by atoms with Gasteiger partial charge in [0.15, 0.2) is 5.82 Å². The molecule has 0 saturated heterocycles. The average molecular weight is 418 g/mol. The lowest BCUT2D eigenvalue weighted by atomic mass is 9.49. The fourth-order valence-electron chi connectivity index (χ4n) is 6.39. The Labute approximate surface area is 175 Å². The molecule has 1 heterocycles. The van der Waals surface area contributed by atoms with E-state index in [1.165, 1.54) is 38.5 Å². The summed E-state index contributed by atoms with van der Waals surface area (Å²) in [7, 11) is 0. The van der Waals surface area contributed by atoms with E-state index in [9.17, 15) is 4.79 Å². The number of amides is 1. The molecule has 0 aliphatic heterocycles. The van der Waals surface area contributed by atoms with E-state index in [4.69, 9.17) is 23.2 Å². The standard InChI is InChI=1S/C22H25Cl2N3O/c23-18-4-2-1-3-17(18)12-27-13-19(24)21(26-27)25-20(28)11-22-8-14-5-15(9-22)7-16(6-14)10-22/h1-4,13-16H,5-12H2,(H,25,26,28). The van der Waals surface area contributed by atoms with Crippen molar-refractivity contribution in [3.63, 3.8) is 0 Å². The van der Waals surface area contributed by atoms with Gasteiger partial charge in [0.25, 0.3) is 0 Å². The van der Waals surface area contributed by atoms with Crippen LogP contribution < -0.4 is 5.32 Å². The summed E-state index contributed by atoms with van der Waals surface area (Å²) >= 11 is 12.6. The van der Waals surface area contributed by atoms with Crippen LogP contribution in [-0.2, 0) is 11.3 Å². The van der Waals surface area contributed by atoms with Crippen LogP contribution in [0.3, 0.4) is 0 Å². The predicted octanol–water partition coefficient (Wildman–Crippen LogP) is 5.78. The molecule has 148 valence electrons. The number of carbonyl (C=O) groups excluding carboxylic acids is 1. The van der Waals surface area contributed by atoms with Gasteiger partial charge in [0.2, 0.25) is 5.91 Å². The van der Waals surface area contributed by atoms with E-state index < -0.39 is 0 Å². The lowest BCUT2D eigenvalue weighted by Crippen LogP contribution is -2.47. The maximum absolute atomic E-state index is 12.8. The highest BCUT2D eigenvalue weighted by Crippen LogP contribution is 2.61. The van der Waals surface area contributed by atoms with E-state index in [1.54, 1.807) is 10.9 Å². The molecule has 1 aromatic carbocycles. The number of rotatable bonds is 5. The molecule has 4 saturated carbocycles. The lowest BCUT2D eigenvalue weighted by Gasteiger charge is -2.56. The molecule has 28 heavy (non-hydrogen) atoms. The van der Waals surface area contributed by atoms with E-state index in [0.29, 0.717) is 28.8 Å². The van der Waals surface area contributed by atoms with Crippen LogP contribution in [0, 0.1) is 23.2 Å². The Hall–Kier alpha value is -1.52. The predicted molar refractivity (Wildman–Crippen MR) is 112 cm³/mol. The van der Waals surface area contributed by atoms with E-state index in [1.807, 2.05) is 24.3 Å². The Morgan fingerprint density at radius 2 is 1.71 bits per heavy atom. The minimum atomic E-state index is 0.0480. The molecule has 0 radical (unpaired) electrons. The quantitative estimate of drug-likeness (QED) is 0.669. The molecule has 4 aliphatic carbocycles. The van der Waals surface area contributed by atoms with Gasteiger partial charge in [-0.05, 0) is 73.3 Å². The van der Waals surface area contributed by atoms with Crippen molar-refractivity contribution in [3.05, 3.63) is 46.1 Å². The van der Waals surface area contributed by atoms with Crippen molar-refractivity contribution in [1.82, 2.24) is 9.78 Å². The molecule has 6 heteroatoms. The van der Waals surface area contributed by atoms with Crippen molar-refractivity contribution in [2.75, 3.05) is 5.32 Å². The van der Waals surface area contributed by atoms with Crippen LogP contribution in [0.4, 0.5) is 5.82 Å².